The number of ether oxygens (including phenoxy) is 3. The second kappa shape index (κ2) is 11.0. The molecule has 0 unspecified atom stereocenters. The molecule has 166 valence electrons. The molecule has 0 aliphatic carbocycles. The van der Waals surface area contributed by atoms with E-state index in [9.17, 15) is 4.79 Å². The molecule has 2 heterocycles. The first kappa shape index (κ1) is 22.8. The summed E-state index contributed by atoms with van der Waals surface area (Å²) in [6.07, 6.45) is 3.73. The average Bonchev–Trinajstić information content (AvgIpc) is 3.19. The topological polar surface area (TPSA) is 62.1 Å². The molecule has 31 heavy (non-hydrogen) atoms. The van der Waals surface area contributed by atoms with E-state index in [0.29, 0.717) is 19.6 Å². The van der Waals surface area contributed by atoms with Gasteiger partial charge in [-0.2, -0.15) is 5.10 Å². The van der Waals surface area contributed by atoms with E-state index in [1.807, 2.05) is 29.6 Å². The summed E-state index contributed by atoms with van der Waals surface area (Å²) in [5.74, 6) is 0.684. The van der Waals surface area contributed by atoms with Gasteiger partial charge in [0.2, 0.25) is 0 Å². The number of hydrogen-bond donors (Lipinski definition) is 0. The van der Waals surface area contributed by atoms with Crippen LogP contribution in [0.1, 0.15) is 50.1 Å². The number of carbonyl (C=O) groups is 1. The van der Waals surface area contributed by atoms with Crippen LogP contribution in [0.2, 0.25) is 0 Å². The minimum absolute atomic E-state index is 0.141. The molecule has 0 atom stereocenters. The van der Waals surface area contributed by atoms with Crippen LogP contribution in [0.5, 0.6) is 5.75 Å². The Bertz CT molecular complexity index is 1030. The molecule has 0 saturated carbocycles. The molecular formula is C25H32N2O4. The lowest BCUT2D eigenvalue weighted by molar-refractivity contribution is -0.143. The van der Waals surface area contributed by atoms with Crippen molar-refractivity contribution in [1.82, 2.24) is 9.61 Å². The highest BCUT2D eigenvalue weighted by molar-refractivity contribution is 5.87. The van der Waals surface area contributed by atoms with Crippen molar-refractivity contribution in [1.29, 1.82) is 0 Å². The third-order valence-corrected chi connectivity index (χ3v) is 5.44. The Morgan fingerprint density at radius 2 is 1.87 bits per heavy atom. The predicted octanol–water partition coefficient (Wildman–Crippen LogP) is 4.99. The minimum Gasteiger partial charge on any atom is -0.496 e. The summed E-state index contributed by atoms with van der Waals surface area (Å²) in [5, 5.41) is 4.94. The number of hydrogen-bond acceptors (Lipinski definition) is 5. The summed E-state index contributed by atoms with van der Waals surface area (Å²) in [4.78, 5) is 11.7. The number of carbonyl (C=O) groups excluding carboxylic acids is 1. The zero-order valence-corrected chi connectivity index (χ0v) is 18.9. The fourth-order valence-corrected chi connectivity index (χ4v) is 4.00. The Labute approximate surface area is 184 Å². The molecule has 0 aliphatic rings. The Balaban J connectivity index is 2.09. The van der Waals surface area contributed by atoms with Crippen LogP contribution in [0, 0.1) is 0 Å². The fourth-order valence-electron chi connectivity index (χ4n) is 4.00. The van der Waals surface area contributed by atoms with E-state index < -0.39 is 0 Å². The van der Waals surface area contributed by atoms with Gasteiger partial charge < -0.3 is 14.2 Å². The van der Waals surface area contributed by atoms with Gasteiger partial charge in [-0.1, -0.05) is 25.1 Å². The van der Waals surface area contributed by atoms with Crippen LogP contribution in [0.4, 0.5) is 0 Å². The van der Waals surface area contributed by atoms with Crippen molar-refractivity contribution < 1.29 is 19.0 Å². The van der Waals surface area contributed by atoms with E-state index in [1.54, 1.807) is 14.2 Å². The van der Waals surface area contributed by atoms with Gasteiger partial charge in [0.05, 0.1) is 31.5 Å². The third kappa shape index (κ3) is 5.07. The summed E-state index contributed by atoms with van der Waals surface area (Å²) >= 11 is 0. The Hall–Kier alpha value is -2.86. The number of methoxy groups -OCH3 is 2. The van der Waals surface area contributed by atoms with Crippen LogP contribution in [0.15, 0.2) is 36.4 Å². The first-order valence-electron chi connectivity index (χ1n) is 10.9. The summed E-state index contributed by atoms with van der Waals surface area (Å²) in [5.41, 5.74) is 6.42. The summed E-state index contributed by atoms with van der Waals surface area (Å²) in [6.45, 7) is 4.80. The summed E-state index contributed by atoms with van der Waals surface area (Å²) in [6, 6.07) is 12.3. The smallest absolute Gasteiger partial charge is 0.305 e. The van der Waals surface area contributed by atoms with Crippen molar-refractivity contribution in [2.45, 2.75) is 52.6 Å². The van der Waals surface area contributed by atoms with Crippen molar-refractivity contribution in [2.75, 3.05) is 20.8 Å². The van der Waals surface area contributed by atoms with Crippen molar-refractivity contribution in [3.05, 3.63) is 53.3 Å². The van der Waals surface area contributed by atoms with Gasteiger partial charge in [0, 0.05) is 30.4 Å². The van der Waals surface area contributed by atoms with Crippen molar-refractivity contribution in [2.24, 2.45) is 0 Å². The van der Waals surface area contributed by atoms with Gasteiger partial charge in [0.1, 0.15) is 5.75 Å². The molecule has 6 heteroatoms. The summed E-state index contributed by atoms with van der Waals surface area (Å²) < 4.78 is 18.3. The van der Waals surface area contributed by atoms with E-state index in [1.165, 1.54) is 0 Å². The zero-order chi connectivity index (χ0) is 22.2. The second-order valence-corrected chi connectivity index (χ2v) is 7.42. The SMILES string of the molecule is CCOC(=O)CCCCc1c(COC)nn2c(CC)ccc2c1-c1ccccc1OC. The maximum absolute atomic E-state index is 11.7. The highest BCUT2D eigenvalue weighted by Crippen LogP contribution is 2.38. The highest BCUT2D eigenvalue weighted by Gasteiger charge is 2.20. The Morgan fingerprint density at radius 1 is 1.06 bits per heavy atom. The molecule has 0 amide bonds. The average molecular weight is 425 g/mol. The van der Waals surface area contributed by atoms with Crippen molar-refractivity contribution >= 4 is 11.5 Å². The number of aromatic nitrogens is 2. The van der Waals surface area contributed by atoms with Crippen LogP contribution >= 0.6 is 0 Å². The molecule has 0 N–H and O–H groups in total. The maximum Gasteiger partial charge on any atom is 0.305 e. The molecule has 0 aliphatic heterocycles. The second-order valence-electron chi connectivity index (χ2n) is 7.42. The first-order valence-corrected chi connectivity index (χ1v) is 10.9. The van der Waals surface area contributed by atoms with Crippen molar-refractivity contribution in [3.63, 3.8) is 0 Å². The highest BCUT2D eigenvalue weighted by atomic mass is 16.5. The number of rotatable bonds is 11. The maximum atomic E-state index is 11.7. The largest absolute Gasteiger partial charge is 0.496 e. The standard InChI is InChI=1S/C25H32N2O4/c1-5-18-15-16-22-25(20-12-7-9-13-23(20)30-4)19(21(17-29-3)26-27(18)22)11-8-10-14-24(28)31-6-2/h7,9,12-13,15-16H,5-6,8,10-11,14,17H2,1-4H3. The van der Waals surface area contributed by atoms with Gasteiger partial charge in [-0.05, 0) is 56.4 Å². The van der Waals surface area contributed by atoms with Crippen molar-refractivity contribution in [3.8, 4) is 16.9 Å². The van der Waals surface area contributed by atoms with Gasteiger partial charge in [0.15, 0.2) is 0 Å². The number of benzene rings is 1. The molecule has 6 nitrogen and oxygen atoms in total. The van der Waals surface area contributed by atoms with Gasteiger partial charge in [-0.15, -0.1) is 0 Å². The molecule has 0 fully saturated rings. The van der Waals surface area contributed by atoms with E-state index in [2.05, 4.69) is 25.1 Å². The Morgan fingerprint density at radius 3 is 2.58 bits per heavy atom. The van der Waals surface area contributed by atoms with Crippen LogP contribution in [0.25, 0.3) is 16.6 Å². The molecule has 2 aromatic heterocycles. The lowest BCUT2D eigenvalue weighted by Crippen LogP contribution is -2.10. The van der Waals surface area contributed by atoms with E-state index >= 15 is 0 Å². The quantitative estimate of drug-likeness (QED) is 0.320. The summed E-state index contributed by atoms with van der Waals surface area (Å²) in [7, 11) is 3.39. The lowest BCUT2D eigenvalue weighted by Gasteiger charge is -2.19. The minimum atomic E-state index is -0.141. The van der Waals surface area contributed by atoms with Crippen LogP contribution in [-0.4, -0.2) is 36.4 Å². The molecule has 0 saturated heterocycles. The van der Waals surface area contributed by atoms with Crippen LogP contribution in [-0.2, 0) is 33.7 Å². The molecule has 0 bridgehead atoms. The van der Waals surface area contributed by atoms with E-state index in [-0.39, 0.29) is 5.97 Å². The van der Waals surface area contributed by atoms with Gasteiger partial charge in [0.25, 0.3) is 0 Å². The molecule has 0 radical (unpaired) electrons. The zero-order valence-electron chi connectivity index (χ0n) is 18.9. The van der Waals surface area contributed by atoms with Gasteiger partial charge in [-0.3, -0.25) is 4.79 Å². The molecule has 3 aromatic rings. The Kier molecular flexibility index (Phi) is 8.06. The number of fused-ring (bicyclic) bond motifs is 1. The third-order valence-electron chi connectivity index (χ3n) is 5.44. The molecule has 3 rings (SSSR count). The van der Waals surface area contributed by atoms with E-state index in [0.717, 1.165) is 65.0 Å². The number of nitrogens with zero attached hydrogens (tertiary/aromatic N) is 2. The fraction of sp³-hybridized carbons (Fsp3) is 0.440. The van der Waals surface area contributed by atoms with Gasteiger partial charge in [-0.25, -0.2) is 4.52 Å². The van der Waals surface area contributed by atoms with Crippen LogP contribution < -0.4 is 4.74 Å². The van der Waals surface area contributed by atoms with Crippen LogP contribution in [0.3, 0.4) is 0 Å². The predicted molar refractivity (Wildman–Crippen MR) is 121 cm³/mol. The first-order chi connectivity index (χ1) is 15.1. The number of unbranched alkanes of at least 4 members (excludes halogenated alkanes) is 1. The lowest BCUT2D eigenvalue weighted by atomic mass is 9.94. The molecular weight excluding hydrogens is 392 g/mol. The normalized spacial score (nSPS) is 11.1. The monoisotopic (exact) mass is 424 g/mol. The number of esters is 1. The number of para-hydroxylation sites is 1. The number of aryl methyl sites for hydroxylation is 1. The molecule has 1 aromatic carbocycles. The van der Waals surface area contributed by atoms with Gasteiger partial charge >= 0.3 is 5.97 Å². The molecule has 0 spiro atoms. The van der Waals surface area contributed by atoms with E-state index in [4.69, 9.17) is 19.3 Å².